The van der Waals surface area contributed by atoms with E-state index in [1.165, 1.54) is 6.08 Å². The number of benzene rings is 2. The van der Waals surface area contributed by atoms with Crippen molar-refractivity contribution < 1.29 is 9.21 Å². The highest BCUT2D eigenvalue weighted by Gasteiger charge is 2.13. The van der Waals surface area contributed by atoms with Crippen LogP contribution in [-0.4, -0.2) is 21.1 Å². The van der Waals surface area contributed by atoms with Crippen molar-refractivity contribution in [3.63, 3.8) is 0 Å². The Morgan fingerprint density at radius 2 is 2.03 bits per heavy atom. The summed E-state index contributed by atoms with van der Waals surface area (Å²) in [5, 5.41) is 19.0. The van der Waals surface area contributed by atoms with Crippen LogP contribution >= 0.6 is 15.9 Å². The summed E-state index contributed by atoms with van der Waals surface area (Å²) in [5.74, 6) is -1.16. The van der Waals surface area contributed by atoms with Gasteiger partial charge in [-0.25, -0.2) is 4.79 Å². The number of carbonyl (C=O) groups is 1. The highest BCUT2D eigenvalue weighted by molar-refractivity contribution is 9.10. The van der Waals surface area contributed by atoms with E-state index in [1.807, 2.05) is 30.3 Å². The van der Waals surface area contributed by atoms with E-state index < -0.39 is 11.7 Å². The molecule has 4 aromatic rings. The molecule has 0 atom stereocenters. The maximum absolute atomic E-state index is 12.6. The number of carbonyl (C=O) groups excluding carboxylic acids is 1. The molecule has 2 aromatic heterocycles. The number of nitrogens with one attached hydrogen (secondary N) is 3. The van der Waals surface area contributed by atoms with E-state index in [0.717, 1.165) is 10.0 Å². The number of halogens is 1. The summed E-state index contributed by atoms with van der Waals surface area (Å²) in [4.78, 5) is 26.3. The van der Waals surface area contributed by atoms with Crippen molar-refractivity contribution in [3.8, 4) is 17.3 Å². The van der Waals surface area contributed by atoms with Gasteiger partial charge in [0, 0.05) is 21.3 Å². The van der Waals surface area contributed by atoms with Crippen LogP contribution in [0.15, 0.2) is 67.9 Å². The summed E-state index contributed by atoms with van der Waals surface area (Å²) >= 11 is 3.39. The Morgan fingerprint density at radius 3 is 2.79 bits per heavy atom. The lowest BCUT2D eigenvalue weighted by Gasteiger charge is -2.05. The minimum atomic E-state index is -0.583. The number of oxazole rings is 1. The number of amides is 1. The topological polar surface area (TPSA) is 128 Å². The molecule has 2 aromatic carbocycles. The fourth-order valence-corrected chi connectivity index (χ4v) is 3.05. The van der Waals surface area contributed by atoms with Crippen LogP contribution in [0, 0.1) is 11.3 Å². The third-order valence-corrected chi connectivity index (χ3v) is 4.67. The molecule has 0 saturated carbocycles. The van der Waals surface area contributed by atoms with Gasteiger partial charge in [-0.2, -0.15) is 10.4 Å². The number of rotatable bonds is 4. The van der Waals surface area contributed by atoms with Gasteiger partial charge in [0.05, 0.1) is 17.4 Å². The van der Waals surface area contributed by atoms with Crippen molar-refractivity contribution in [1.82, 2.24) is 15.2 Å². The zero-order valence-corrected chi connectivity index (χ0v) is 16.3. The summed E-state index contributed by atoms with van der Waals surface area (Å²) < 4.78 is 5.86. The Morgan fingerprint density at radius 1 is 1.24 bits per heavy atom. The molecular weight excluding hydrogens is 438 g/mol. The van der Waals surface area contributed by atoms with Crippen molar-refractivity contribution in [2.75, 3.05) is 5.32 Å². The molecule has 0 aliphatic rings. The van der Waals surface area contributed by atoms with Crippen molar-refractivity contribution in [2.45, 2.75) is 0 Å². The van der Waals surface area contributed by atoms with Crippen LogP contribution in [0.3, 0.4) is 0 Å². The molecule has 3 N–H and O–H groups in total. The molecule has 0 saturated heterocycles. The second kappa shape index (κ2) is 7.61. The van der Waals surface area contributed by atoms with Crippen LogP contribution in [0.1, 0.15) is 5.56 Å². The van der Waals surface area contributed by atoms with Gasteiger partial charge in [0.25, 0.3) is 5.91 Å². The van der Waals surface area contributed by atoms with Gasteiger partial charge in [0.15, 0.2) is 5.58 Å². The quantitative estimate of drug-likeness (QED) is 0.322. The Balaban J connectivity index is 1.61. The largest absolute Gasteiger partial charge is 0.417 e. The molecule has 0 fully saturated rings. The zero-order chi connectivity index (χ0) is 20.4. The first-order chi connectivity index (χ1) is 14.0. The highest BCUT2D eigenvalue weighted by Crippen LogP contribution is 2.25. The third kappa shape index (κ3) is 3.88. The van der Waals surface area contributed by atoms with E-state index in [2.05, 4.69) is 36.4 Å². The van der Waals surface area contributed by atoms with Crippen molar-refractivity contribution in [3.05, 3.63) is 74.8 Å². The first kappa shape index (κ1) is 18.5. The minimum absolute atomic E-state index is 0.0921. The molecule has 29 heavy (non-hydrogen) atoms. The molecule has 0 unspecified atom stereocenters. The first-order valence-corrected chi connectivity index (χ1v) is 9.18. The predicted molar refractivity (Wildman–Crippen MR) is 111 cm³/mol. The normalized spacial score (nSPS) is 11.4. The lowest BCUT2D eigenvalue weighted by Crippen LogP contribution is -2.13. The second-order valence-corrected chi connectivity index (χ2v) is 6.97. The maximum Gasteiger partial charge on any atom is 0.417 e. The molecule has 142 valence electrons. The van der Waals surface area contributed by atoms with Gasteiger partial charge in [-0.3, -0.25) is 14.9 Å². The Kier molecular flexibility index (Phi) is 4.85. The molecule has 0 aliphatic carbocycles. The summed E-state index contributed by atoms with van der Waals surface area (Å²) in [6.45, 7) is 0. The Labute approximate surface area is 172 Å². The van der Waals surface area contributed by atoms with Crippen molar-refractivity contribution >= 4 is 44.7 Å². The number of H-pyrrole nitrogens is 2. The van der Waals surface area contributed by atoms with E-state index in [-0.39, 0.29) is 5.57 Å². The van der Waals surface area contributed by atoms with Gasteiger partial charge in [0.2, 0.25) is 0 Å². The summed E-state index contributed by atoms with van der Waals surface area (Å²) in [6, 6.07) is 14.2. The number of hydrogen-bond acceptors (Lipinski definition) is 5. The van der Waals surface area contributed by atoms with Gasteiger partial charge in [-0.15, -0.1) is 0 Å². The van der Waals surface area contributed by atoms with Crippen molar-refractivity contribution in [2.24, 2.45) is 0 Å². The van der Waals surface area contributed by atoms with Crippen LogP contribution < -0.4 is 11.1 Å². The molecule has 0 spiro atoms. The first-order valence-electron chi connectivity index (χ1n) is 8.39. The van der Waals surface area contributed by atoms with Gasteiger partial charge in [0.1, 0.15) is 11.6 Å². The van der Waals surface area contributed by atoms with Gasteiger partial charge in [-0.05, 0) is 36.4 Å². The molecule has 4 rings (SSSR count). The Hall–Kier alpha value is -3.90. The van der Waals surface area contributed by atoms with Gasteiger partial charge in [-0.1, -0.05) is 28.1 Å². The van der Waals surface area contributed by atoms with E-state index >= 15 is 0 Å². The fourth-order valence-electron chi connectivity index (χ4n) is 2.78. The summed E-state index contributed by atoms with van der Waals surface area (Å²) in [6.07, 6.45) is 3.01. The number of aromatic nitrogens is 3. The number of fused-ring (bicyclic) bond motifs is 1. The molecular formula is C20H12BrN5O3. The van der Waals surface area contributed by atoms with E-state index in [0.29, 0.717) is 28.0 Å². The molecule has 9 heteroatoms. The van der Waals surface area contributed by atoms with Gasteiger partial charge >= 0.3 is 5.76 Å². The van der Waals surface area contributed by atoms with Crippen LogP contribution in [0.2, 0.25) is 0 Å². The van der Waals surface area contributed by atoms with Crippen LogP contribution in [0.25, 0.3) is 28.4 Å². The van der Waals surface area contributed by atoms with E-state index in [4.69, 9.17) is 4.42 Å². The SMILES string of the molecule is N#C/C(=C/c1cn[nH]c1-c1ccc(Br)cc1)C(=O)Nc1ccc2oc(=O)[nH]c2c1. The maximum atomic E-state index is 12.6. The lowest BCUT2D eigenvalue weighted by atomic mass is 10.1. The summed E-state index contributed by atoms with van der Waals surface area (Å²) in [5.41, 5.74) is 3.31. The molecule has 1 amide bonds. The standard InChI is InChI=1S/C20H12BrN5O3/c21-14-3-1-11(2-4-14)18-13(10-23-26-18)7-12(9-22)19(27)24-15-5-6-17-16(8-15)25-20(28)29-17/h1-8,10H,(H,23,26)(H,24,27)(H,25,28)/b12-7-. The number of anilines is 1. The average molecular weight is 450 g/mol. The van der Waals surface area contributed by atoms with Crippen molar-refractivity contribution in [1.29, 1.82) is 5.26 Å². The fraction of sp³-hybridized carbons (Fsp3) is 0. The smallest absolute Gasteiger partial charge is 0.408 e. The Bertz CT molecular complexity index is 1340. The monoisotopic (exact) mass is 449 g/mol. The van der Waals surface area contributed by atoms with Crippen LogP contribution in [0.4, 0.5) is 5.69 Å². The second-order valence-electron chi connectivity index (χ2n) is 6.06. The lowest BCUT2D eigenvalue weighted by molar-refractivity contribution is -0.112. The molecule has 0 bridgehead atoms. The van der Waals surface area contributed by atoms with E-state index in [1.54, 1.807) is 24.4 Å². The summed E-state index contributed by atoms with van der Waals surface area (Å²) in [7, 11) is 0. The molecule has 2 heterocycles. The number of hydrogen-bond donors (Lipinski definition) is 3. The van der Waals surface area contributed by atoms with Crippen LogP contribution in [-0.2, 0) is 4.79 Å². The van der Waals surface area contributed by atoms with Crippen LogP contribution in [0.5, 0.6) is 0 Å². The predicted octanol–water partition coefficient (Wildman–Crippen LogP) is 3.82. The number of aromatic amines is 2. The minimum Gasteiger partial charge on any atom is -0.408 e. The third-order valence-electron chi connectivity index (χ3n) is 4.14. The average Bonchev–Trinajstić information content (AvgIpc) is 3.31. The highest BCUT2D eigenvalue weighted by atomic mass is 79.9. The molecule has 0 radical (unpaired) electrons. The molecule has 0 aliphatic heterocycles. The van der Waals surface area contributed by atoms with E-state index in [9.17, 15) is 14.9 Å². The number of nitrogens with zero attached hydrogens (tertiary/aromatic N) is 2. The molecule has 8 nitrogen and oxygen atoms in total. The number of nitriles is 1. The zero-order valence-electron chi connectivity index (χ0n) is 14.7. The van der Waals surface area contributed by atoms with Gasteiger partial charge < -0.3 is 9.73 Å².